The van der Waals surface area contributed by atoms with Crippen molar-refractivity contribution < 1.29 is 8.95 Å². The van der Waals surface area contributed by atoms with Crippen LogP contribution in [0.3, 0.4) is 0 Å². The van der Waals surface area contributed by atoms with Gasteiger partial charge in [-0.1, -0.05) is 48.1 Å². The van der Waals surface area contributed by atoms with Crippen LogP contribution in [0.25, 0.3) is 5.57 Å². The van der Waals surface area contributed by atoms with Gasteiger partial charge in [0.15, 0.2) is 0 Å². The predicted octanol–water partition coefficient (Wildman–Crippen LogP) is 6.31. The van der Waals surface area contributed by atoms with Gasteiger partial charge in [0.25, 0.3) is 0 Å². The molecule has 1 fully saturated rings. The summed E-state index contributed by atoms with van der Waals surface area (Å²) >= 11 is 7.28. The number of methoxy groups -OCH3 is 1. The number of rotatable bonds is 6. The van der Waals surface area contributed by atoms with Crippen LogP contribution in [-0.4, -0.2) is 22.1 Å². The molecule has 2 unspecified atom stereocenters. The molecule has 0 spiro atoms. The zero-order chi connectivity index (χ0) is 20.1. The highest BCUT2D eigenvalue weighted by Crippen LogP contribution is 2.38. The Morgan fingerprint density at radius 1 is 1.36 bits per heavy atom. The molecule has 0 N–H and O–H groups in total. The molecule has 148 valence electrons. The van der Waals surface area contributed by atoms with Gasteiger partial charge in [-0.3, -0.25) is 0 Å². The van der Waals surface area contributed by atoms with E-state index >= 15 is 0 Å². The topological polar surface area (TPSA) is 51.5 Å². The van der Waals surface area contributed by atoms with Crippen molar-refractivity contribution in [2.24, 2.45) is 4.36 Å². The van der Waals surface area contributed by atoms with Crippen molar-refractivity contribution >= 4 is 38.7 Å². The Labute approximate surface area is 176 Å². The number of aromatic nitrogens is 1. The van der Waals surface area contributed by atoms with Gasteiger partial charge in [-0.05, 0) is 60.1 Å². The number of halogens is 1. The standard InChI is InChI=1S/C21H23ClN2O2S2/c1-15(17-6-9-19(26-3)10-7-17)14-27-16(2)24-28(25)12-4-5-20(28)18-8-11-21(22)23-13-18/h6-11,13-14,20H,2,4-5,12H2,1,3H3/b15-14+. The van der Waals surface area contributed by atoms with Crippen molar-refractivity contribution in [3.05, 3.63) is 75.9 Å². The molecule has 2 aromatic rings. The zero-order valence-corrected chi connectivity index (χ0v) is 18.3. The van der Waals surface area contributed by atoms with E-state index in [-0.39, 0.29) is 5.25 Å². The molecule has 2 atom stereocenters. The van der Waals surface area contributed by atoms with Crippen LogP contribution in [-0.2, 0) is 9.73 Å². The minimum absolute atomic E-state index is 0.124. The van der Waals surface area contributed by atoms with Crippen LogP contribution in [0.4, 0.5) is 0 Å². The van der Waals surface area contributed by atoms with Gasteiger partial charge in [0.05, 0.1) is 22.1 Å². The summed E-state index contributed by atoms with van der Waals surface area (Å²) in [6.07, 6.45) is 3.43. The van der Waals surface area contributed by atoms with E-state index in [0.29, 0.717) is 15.9 Å². The highest BCUT2D eigenvalue weighted by Gasteiger charge is 2.31. The maximum Gasteiger partial charge on any atom is 0.129 e. The first-order valence-corrected chi connectivity index (χ1v) is 11.9. The van der Waals surface area contributed by atoms with Gasteiger partial charge in [0.1, 0.15) is 15.9 Å². The third-order valence-corrected chi connectivity index (χ3v) is 8.62. The minimum atomic E-state index is -2.41. The monoisotopic (exact) mass is 434 g/mol. The zero-order valence-electron chi connectivity index (χ0n) is 15.9. The number of allylic oxidation sites excluding steroid dienone is 1. The van der Waals surface area contributed by atoms with Gasteiger partial charge in [-0.25, -0.2) is 9.19 Å². The minimum Gasteiger partial charge on any atom is -0.497 e. The molecule has 0 aliphatic carbocycles. The molecule has 0 radical (unpaired) electrons. The second-order valence-electron chi connectivity index (χ2n) is 6.57. The summed E-state index contributed by atoms with van der Waals surface area (Å²) in [7, 11) is -0.756. The van der Waals surface area contributed by atoms with Crippen LogP contribution in [0, 0.1) is 0 Å². The number of benzene rings is 1. The molecule has 28 heavy (non-hydrogen) atoms. The molecule has 1 aliphatic heterocycles. The molecule has 0 bridgehead atoms. The molecule has 1 aromatic heterocycles. The first-order valence-electron chi connectivity index (χ1n) is 8.93. The average Bonchev–Trinajstić information content (AvgIpc) is 3.07. The molecule has 2 heterocycles. The van der Waals surface area contributed by atoms with Crippen LogP contribution < -0.4 is 4.74 Å². The molecule has 4 nitrogen and oxygen atoms in total. The Kier molecular flexibility index (Phi) is 6.86. The highest BCUT2D eigenvalue weighted by molar-refractivity contribution is 8.06. The molecular weight excluding hydrogens is 412 g/mol. The second-order valence-corrected chi connectivity index (χ2v) is 10.4. The summed E-state index contributed by atoms with van der Waals surface area (Å²) in [6, 6.07) is 11.5. The first-order chi connectivity index (χ1) is 13.4. The van der Waals surface area contributed by atoms with Crippen molar-refractivity contribution in [2.75, 3.05) is 12.9 Å². The summed E-state index contributed by atoms with van der Waals surface area (Å²) in [6.45, 7) is 6.04. The number of thioether (sulfide) groups is 1. The maximum atomic E-state index is 13.5. The number of hydrogen-bond donors (Lipinski definition) is 0. The van der Waals surface area contributed by atoms with Gasteiger partial charge in [0.2, 0.25) is 0 Å². The van der Waals surface area contributed by atoms with Crippen LogP contribution in [0.15, 0.2) is 64.0 Å². The molecule has 0 saturated carbocycles. The van der Waals surface area contributed by atoms with Crippen molar-refractivity contribution in [1.29, 1.82) is 0 Å². The smallest absolute Gasteiger partial charge is 0.129 e. The fourth-order valence-corrected chi connectivity index (χ4v) is 6.78. The van der Waals surface area contributed by atoms with Crippen molar-refractivity contribution in [1.82, 2.24) is 4.98 Å². The van der Waals surface area contributed by atoms with E-state index < -0.39 is 9.73 Å². The molecule has 1 aliphatic rings. The Bertz CT molecular complexity index is 992. The average molecular weight is 435 g/mol. The van der Waals surface area contributed by atoms with Crippen molar-refractivity contribution in [3.8, 4) is 5.75 Å². The van der Waals surface area contributed by atoms with Gasteiger partial charge >= 0.3 is 0 Å². The summed E-state index contributed by atoms with van der Waals surface area (Å²) in [5.74, 6) is 1.41. The van der Waals surface area contributed by atoms with E-state index in [1.165, 1.54) is 11.8 Å². The van der Waals surface area contributed by atoms with Gasteiger partial charge in [-0.15, -0.1) is 0 Å². The lowest BCUT2D eigenvalue weighted by atomic mass is 10.1. The van der Waals surface area contributed by atoms with Crippen molar-refractivity contribution in [2.45, 2.75) is 25.0 Å². The fraction of sp³-hybridized carbons (Fsp3) is 0.286. The number of hydrogen-bond acceptors (Lipinski definition) is 5. The van der Waals surface area contributed by atoms with Crippen LogP contribution in [0.1, 0.15) is 36.1 Å². The molecule has 0 amide bonds. The largest absolute Gasteiger partial charge is 0.497 e. The normalized spacial score (nSPS) is 22.1. The lowest BCUT2D eigenvalue weighted by Crippen LogP contribution is -2.08. The van der Waals surface area contributed by atoms with E-state index in [1.54, 1.807) is 19.4 Å². The molecule has 1 saturated heterocycles. The summed E-state index contributed by atoms with van der Waals surface area (Å²) in [5, 5.41) is 2.86. The van der Waals surface area contributed by atoms with Gasteiger partial charge < -0.3 is 4.74 Å². The number of ether oxygens (including phenoxy) is 1. The Morgan fingerprint density at radius 2 is 2.11 bits per heavy atom. The number of nitrogens with zero attached hydrogens (tertiary/aromatic N) is 2. The molecular formula is C21H23ClN2O2S2. The lowest BCUT2D eigenvalue weighted by Gasteiger charge is -2.14. The van der Waals surface area contributed by atoms with E-state index in [4.69, 9.17) is 16.3 Å². The van der Waals surface area contributed by atoms with E-state index in [1.807, 2.05) is 42.7 Å². The predicted molar refractivity (Wildman–Crippen MR) is 120 cm³/mol. The molecule has 3 rings (SSSR count). The van der Waals surface area contributed by atoms with Gasteiger partial charge in [-0.2, -0.15) is 4.36 Å². The second kappa shape index (κ2) is 9.16. The lowest BCUT2D eigenvalue weighted by molar-refractivity contribution is 0.415. The van der Waals surface area contributed by atoms with Crippen LogP contribution >= 0.6 is 23.4 Å². The Hall–Kier alpha value is -1.76. The fourth-order valence-electron chi connectivity index (χ4n) is 3.14. The van der Waals surface area contributed by atoms with Crippen LogP contribution in [0.5, 0.6) is 5.75 Å². The summed E-state index contributed by atoms with van der Waals surface area (Å²) < 4.78 is 23.2. The Morgan fingerprint density at radius 3 is 2.75 bits per heavy atom. The van der Waals surface area contributed by atoms with Crippen molar-refractivity contribution in [3.63, 3.8) is 0 Å². The SMILES string of the molecule is C=C(N=S1(=O)CCCC1c1ccc(Cl)nc1)S/C=C(\C)c1ccc(OC)cc1. The third kappa shape index (κ3) is 4.99. The van der Waals surface area contributed by atoms with E-state index in [0.717, 1.165) is 35.3 Å². The van der Waals surface area contributed by atoms with Gasteiger partial charge in [0, 0.05) is 11.9 Å². The summed E-state index contributed by atoms with van der Waals surface area (Å²) in [5.41, 5.74) is 3.11. The van der Waals surface area contributed by atoms with E-state index in [9.17, 15) is 4.21 Å². The third-order valence-electron chi connectivity index (χ3n) is 4.64. The van der Waals surface area contributed by atoms with E-state index in [2.05, 4.69) is 15.9 Å². The quantitative estimate of drug-likeness (QED) is 0.499. The maximum absolute atomic E-state index is 13.5. The Balaban J connectivity index is 1.74. The highest BCUT2D eigenvalue weighted by atomic mass is 35.5. The molecule has 7 heteroatoms. The first kappa shape index (κ1) is 21.0. The van der Waals surface area contributed by atoms with Crippen LogP contribution in [0.2, 0.25) is 5.15 Å². The number of pyridine rings is 1. The summed E-state index contributed by atoms with van der Waals surface area (Å²) in [4.78, 5) is 4.13. The molecule has 1 aromatic carbocycles.